The van der Waals surface area contributed by atoms with E-state index in [0.29, 0.717) is 84.1 Å². The minimum absolute atomic E-state index is 0.0361. The molecule has 2 saturated heterocycles. The summed E-state index contributed by atoms with van der Waals surface area (Å²) in [6, 6.07) is 37.1. The van der Waals surface area contributed by atoms with Gasteiger partial charge >= 0.3 is 0 Å². The van der Waals surface area contributed by atoms with E-state index in [2.05, 4.69) is 62.8 Å². The first-order valence-electron chi connectivity index (χ1n) is 38.4. The fourth-order valence-electron chi connectivity index (χ4n) is 18.4. The van der Waals surface area contributed by atoms with Crippen LogP contribution >= 0.6 is 0 Å². The minimum Gasteiger partial charge on any atom is -0.497 e. The first-order chi connectivity index (χ1) is 51.5. The summed E-state index contributed by atoms with van der Waals surface area (Å²) in [5.74, 6) is 3.56. The number of carbonyl (C=O) groups is 4. The number of hydrogen-bond donors (Lipinski definition) is 8. The Balaban J connectivity index is 0.000000215. The third kappa shape index (κ3) is 17.0. The predicted molar refractivity (Wildman–Crippen MR) is 419 cm³/mol. The molecule has 6 aromatic carbocycles. The van der Waals surface area contributed by atoms with Gasteiger partial charge in [-0.15, -0.1) is 0 Å². The number of carbonyl (C=O) groups excluding carboxylic acids is 4. The Morgan fingerprint density at radius 2 is 0.944 bits per heavy atom. The summed E-state index contributed by atoms with van der Waals surface area (Å²) < 4.78 is 22.7. The smallest absolute Gasteiger partial charge is 0.251 e. The number of amides is 4. The van der Waals surface area contributed by atoms with E-state index in [0.717, 1.165) is 80.2 Å². The second-order valence-corrected chi connectivity index (χ2v) is 32.5. The Kier molecular flexibility index (Phi) is 25.6. The van der Waals surface area contributed by atoms with Crippen molar-refractivity contribution < 1.29 is 68.2 Å². The largest absolute Gasteiger partial charge is 0.497 e. The molecule has 6 saturated carbocycles. The van der Waals surface area contributed by atoms with Crippen molar-refractivity contribution in [3.8, 4) is 45.3 Å². The quantitative estimate of drug-likeness (QED) is 0.0227. The average Bonchev–Trinajstić information content (AvgIpc) is 0.955. The van der Waals surface area contributed by atoms with E-state index in [1.165, 1.54) is 12.8 Å². The number of hydrogen-bond acceptors (Lipinski definition) is 18. The van der Waals surface area contributed by atoms with Crippen LogP contribution in [0.2, 0.25) is 0 Å². The number of rotatable bonds is 28. The van der Waals surface area contributed by atoms with Crippen LogP contribution in [-0.2, 0) is 45.2 Å². The lowest BCUT2D eigenvalue weighted by molar-refractivity contribution is -0.183. The number of methoxy groups -OCH3 is 4. The number of anilines is 2. The van der Waals surface area contributed by atoms with Crippen LogP contribution in [0.5, 0.6) is 23.0 Å². The maximum absolute atomic E-state index is 14.2. The van der Waals surface area contributed by atoms with Crippen molar-refractivity contribution >= 4 is 35.0 Å². The molecule has 584 valence electrons. The molecule has 4 amide bonds. The van der Waals surface area contributed by atoms with E-state index >= 15 is 0 Å². The number of aliphatic hydroxyl groups is 4. The van der Waals surface area contributed by atoms with Crippen LogP contribution in [-0.4, -0.2) is 186 Å². The molecule has 2 heterocycles. The van der Waals surface area contributed by atoms with Crippen molar-refractivity contribution in [2.75, 3.05) is 92.7 Å². The number of nitrogens with zero attached hydrogens (tertiary/aromatic N) is 4. The number of fused-ring (bicyclic) bond motifs is 4. The molecule has 108 heavy (non-hydrogen) atoms. The molecule has 8 aliphatic rings. The van der Waals surface area contributed by atoms with Crippen molar-refractivity contribution in [1.29, 1.82) is 0 Å². The second kappa shape index (κ2) is 34.3. The van der Waals surface area contributed by atoms with Crippen LogP contribution in [0.4, 0.5) is 11.4 Å². The van der Waals surface area contributed by atoms with Crippen LogP contribution in [0.25, 0.3) is 22.3 Å². The minimum atomic E-state index is -0.902. The molecule has 0 radical (unpaired) electrons. The third-order valence-electron chi connectivity index (χ3n) is 25.1. The van der Waals surface area contributed by atoms with E-state index in [1.54, 1.807) is 52.4 Å². The van der Waals surface area contributed by atoms with Gasteiger partial charge in [0.15, 0.2) is 0 Å². The number of aliphatic hydroxyl groups excluding tert-OH is 4. The molecule has 22 heteroatoms. The maximum Gasteiger partial charge on any atom is 0.251 e. The summed E-state index contributed by atoms with van der Waals surface area (Å²) in [5, 5.41) is 58.6. The Morgan fingerprint density at radius 1 is 0.528 bits per heavy atom. The molecule has 4 bridgehead atoms. The van der Waals surface area contributed by atoms with Gasteiger partial charge in [0.25, 0.3) is 11.8 Å². The Hall–Kier alpha value is -8.32. The van der Waals surface area contributed by atoms with Crippen LogP contribution in [0.1, 0.15) is 124 Å². The van der Waals surface area contributed by atoms with Gasteiger partial charge in [0.2, 0.25) is 11.8 Å². The number of benzene rings is 6. The highest BCUT2D eigenvalue weighted by Gasteiger charge is 2.59. The van der Waals surface area contributed by atoms with Gasteiger partial charge in [-0.3, -0.25) is 28.9 Å². The second-order valence-electron chi connectivity index (χ2n) is 32.5. The van der Waals surface area contributed by atoms with Gasteiger partial charge in [-0.2, -0.15) is 10.1 Å². The number of para-hydroxylation sites is 2. The van der Waals surface area contributed by atoms with Crippen molar-refractivity contribution in [3.63, 3.8) is 0 Å². The lowest BCUT2D eigenvalue weighted by atomic mass is 9.45. The molecule has 22 nitrogen and oxygen atoms in total. The molecule has 6 aromatic rings. The van der Waals surface area contributed by atoms with Crippen LogP contribution in [0.15, 0.2) is 121 Å². The summed E-state index contributed by atoms with van der Waals surface area (Å²) in [6.45, 7) is 17.7. The van der Waals surface area contributed by atoms with Crippen molar-refractivity contribution in [2.45, 2.75) is 156 Å². The molecule has 2 aliphatic heterocycles. The zero-order chi connectivity index (χ0) is 77.8. The highest BCUT2D eigenvalue weighted by molar-refractivity contribution is 5.98. The van der Waals surface area contributed by atoms with Gasteiger partial charge in [0.05, 0.1) is 67.0 Å². The normalized spacial score (nSPS) is 26.4. The Morgan fingerprint density at radius 3 is 1.31 bits per heavy atom. The molecule has 8 fully saturated rings. The molecule has 0 unspecified atom stereocenters. The van der Waals surface area contributed by atoms with E-state index in [9.17, 15) is 39.6 Å². The molecule has 0 aromatic heterocycles. The lowest BCUT2D eigenvalue weighted by Crippen LogP contribution is -2.62. The van der Waals surface area contributed by atoms with Crippen molar-refractivity contribution in [2.24, 2.45) is 58.2 Å². The van der Waals surface area contributed by atoms with Gasteiger partial charge in [0.1, 0.15) is 47.3 Å². The Bertz CT molecular complexity index is 4130. The number of hydroxylamine groups is 4. The van der Waals surface area contributed by atoms with Gasteiger partial charge < -0.3 is 70.4 Å². The van der Waals surface area contributed by atoms with Crippen LogP contribution in [0.3, 0.4) is 0 Å². The summed E-state index contributed by atoms with van der Waals surface area (Å²) >= 11 is 0. The summed E-state index contributed by atoms with van der Waals surface area (Å²) in [7, 11) is 14.2. The van der Waals surface area contributed by atoms with E-state index < -0.39 is 48.3 Å². The van der Waals surface area contributed by atoms with Crippen LogP contribution < -0.4 is 50.0 Å². The fraction of sp³-hybridized carbons (Fsp3) is 0.535. The SMILES string of the molecule is COc1ccc(CCNC(=O)c2cc(-c3cccc(CN4O[C@@H](CO)[C@@H]([C@H](C)O)[C@H]4C(=O)N[C@H]4C[C@H]5C[C@@H]([C@@H]4C)C5(C)C)c3OC)cc(N(C)C)c2)cc1.COc1cccc(CCNC(=O)c2cc(-c3cccc(CN4O[C@@H](CO)[C@H]([C@H](C)O)[C@H]4C(=O)N[C@H]4C[C@H]5C[C@@H]([C@@H]4C)C5(C)C)c3OC)cc(N(C)C)c2)c1. The van der Waals surface area contributed by atoms with E-state index in [-0.39, 0.29) is 72.8 Å². The number of ether oxygens (including phenoxy) is 4. The van der Waals surface area contributed by atoms with Gasteiger partial charge in [-0.25, -0.2) is 0 Å². The molecular weight excluding hydrogens is 1370 g/mol. The van der Waals surface area contributed by atoms with E-state index in [1.807, 2.05) is 159 Å². The molecule has 14 rings (SSSR count). The standard InChI is InChI=1S/2C43H58N4O7/c1-25-35-21-31(43(35,3)4)22-36(25)45-42(51)39-38(26(2)49)37(24-48)54-47(39)23-28-12-10-14-34(40(28)53-8)29-18-30(20-32(19-29)46(5)6)41(50)44-16-15-27-11-9-13-33(17-27)52-7;1-25-35-21-31(43(35,3)4)22-36(25)45-42(51)39-38(26(2)49)37(24-48)54-47(39)23-28-10-9-11-34(40(28)53-8)29-18-30(20-32(19-29)46(5)6)41(50)44-17-16-27-12-14-33(52-7)15-13-27/h9-14,17-20,25-26,31,35-39,48-49H,15-16,21-24H2,1-8H3,(H,44,50)(H,45,51);9-15,18-20,25-26,31,35-39,48-49H,16-17,21-24H2,1-8H3,(H,44,50)(H,45,51)/t25-,26-,31+,35-,36-,37-,38-,39-;25-,26-,31+,35-,36-,37-,38+,39-/m00/s1. The monoisotopic (exact) mass is 1480 g/mol. The molecule has 6 aliphatic carbocycles. The first-order valence-corrected chi connectivity index (χ1v) is 38.4. The van der Waals surface area contributed by atoms with E-state index in [4.69, 9.17) is 28.6 Å². The summed E-state index contributed by atoms with van der Waals surface area (Å²) in [5.41, 5.74) is 10.1. The average molecular weight is 1490 g/mol. The molecule has 8 N–H and O–H groups in total. The van der Waals surface area contributed by atoms with Gasteiger partial charge in [-0.1, -0.05) is 102 Å². The topological polar surface area (TPSA) is 266 Å². The predicted octanol–water partition coefficient (Wildman–Crippen LogP) is 10.1. The maximum atomic E-state index is 14.2. The zero-order valence-electron chi connectivity index (χ0n) is 65.9. The highest BCUT2D eigenvalue weighted by Crippen LogP contribution is 2.62. The Labute approximate surface area is 638 Å². The molecular formula is C86H116N8O14. The summed E-state index contributed by atoms with van der Waals surface area (Å²) in [4.78, 5) is 72.0. The zero-order valence-corrected chi connectivity index (χ0v) is 65.9. The third-order valence-corrected chi connectivity index (χ3v) is 25.1. The van der Waals surface area contributed by atoms with Crippen molar-refractivity contribution in [1.82, 2.24) is 31.4 Å². The molecule has 16 atom stereocenters. The highest BCUT2D eigenvalue weighted by atomic mass is 16.7. The first kappa shape index (κ1) is 80.7. The molecule has 0 spiro atoms. The van der Waals surface area contributed by atoms with Gasteiger partial charge in [0, 0.05) is 110 Å². The van der Waals surface area contributed by atoms with Gasteiger partial charge in [-0.05, 0) is 182 Å². The van der Waals surface area contributed by atoms with Crippen molar-refractivity contribution in [3.05, 3.63) is 155 Å². The lowest BCUT2D eigenvalue weighted by Gasteiger charge is -2.62. The van der Waals surface area contributed by atoms with Crippen LogP contribution in [0, 0.1) is 58.2 Å². The fourth-order valence-corrected chi connectivity index (χ4v) is 18.4. The number of nitrogens with one attached hydrogen (secondary N) is 4. The summed E-state index contributed by atoms with van der Waals surface area (Å²) in [6.07, 6.45) is 2.27.